The Balaban J connectivity index is 1.89. The fraction of sp³-hybridized carbons (Fsp3) is 0.579. The fourth-order valence-corrected chi connectivity index (χ4v) is 5.20. The second kappa shape index (κ2) is 7.81. The number of piperidine rings is 1. The van der Waals surface area contributed by atoms with Gasteiger partial charge in [0.1, 0.15) is 0 Å². The van der Waals surface area contributed by atoms with Gasteiger partial charge >= 0.3 is 0 Å². The third-order valence-electron chi connectivity index (χ3n) is 5.80. The van der Waals surface area contributed by atoms with Crippen LogP contribution < -0.4 is 10.2 Å². The fourth-order valence-electron chi connectivity index (χ4n) is 4.09. The Hall–Kier alpha value is -1.97. The lowest BCUT2D eigenvalue weighted by Crippen LogP contribution is -2.49. The molecular weight excluding hydrogens is 382 g/mol. The highest BCUT2D eigenvalue weighted by Gasteiger charge is 2.52. The third kappa shape index (κ3) is 3.42. The number of anilines is 1. The van der Waals surface area contributed by atoms with Gasteiger partial charge in [-0.2, -0.15) is 0 Å². The van der Waals surface area contributed by atoms with Gasteiger partial charge in [0.05, 0.1) is 11.2 Å². The lowest BCUT2D eigenvalue weighted by atomic mass is 9.74. The van der Waals surface area contributed by atoms with Gasteiger partial charge in [0.25, 0.3) is 5.91 Å². The zero-order valence-corrected chi connectivity index (χ0v) is 17.1. The Morgan fingerprint density at radius 2 is 1.96 bits per heavy atom. The number of benzene rings is 1. The molecule has 0 aliphatic carbocycles. The minimum atomic E-state index is -3.29. The van der Waals surface area contributed by atoms with Gasteiger partial charge in [-0.15, -0.1) is 0 Å². The molecule has 28 heavy (non-hydrogen) atoms. The van der Waals surface area contributed by atoms with E-state index in [1.807, 2.05) is 0 Å². The van der Waals surface area contributed by atoms with Crippen molar-refractivity contribution in [3.63, 3.8) is 0 Å². The maximum Gasteiger partial charge on any atom is 0.251 e. The molecule has 0 atom stereocenters. The monoisotopic (exact) mass is 409 g/mol. The van der Waals surface area contributed by atoms with E-state index in [0.29, 0.717) is 44.5 Å². The van der Waals surface area contributed by atoms with Crippen molar-refractivity contribution in [2.24, 2.45) is 0 Å². The van der Waals surface area contributed by atoms with Crippen molar-refractivity contribution >= 4 is 27.5 Å². The average molecular weight is 410 g/mol. The first kappa shape index (κ1) is 20.8. The Bertz CT molecular complexity index is 876. The van der Waals surface area contributed by atoms with Crippen LogP contribution >= 0.6 is 0 Å². The number of hydrogen-bond donors (Lipinski definition) is 2. The molecule has 1 fully saturated rings. The SMILES string of the molecule is CCS(=O)(=O)N1CCC2(CC1)C(=O)N(C)c1ccc(C(=O)NCCCO)cc12. The van der Waals surface area contributed by atoms with Crippen LogP contribution in [-0.2, 0) is 20.2 Å². The molecule has 0 unspecified atom stereocenters. The lowest BCUT2D eigenvalue weighted by molar-refractivity contribution is -0.124. The average Bonchev–Trinajstić information content (AvgIpc) is 2.90. The van der Waals surface area contributed by atoms with Crippen molar-refractivity contribution in [3.05, 3.63) is 29.3 Å². The van der Waals surface area contributed by atoms with Crippen LogP contribution in [0.1, 0.15) is 42.1 Å². The van der Waals surface area contributed by atoms with E-state index >= 15 is 0 Å². The van der Waals surface area contributed by atoms with Gasteiger partial charge in [0.15, 0.2) is 0 Å². The quantitative estimate of drug-likeness (QED) is 0.664. The summed E-state index contributed by atoms with van der Waals surface area (Å²) < 4.78 is 25.8. The first-order valence-electron chi connectivity index (χ1n) is 9.56. The first-order valence-corrected chi connectivity index (χ1v) is 11.2. The maximum atomic E-state index is 13.1. The van der Waals surface area contributed by atoms with Gasteiger partial charge in [0.2, 0.25) is 15.9 Å². The summed E-state index contributed by atoms with van der Waals surface area (Å²) in [5.74, 6) is -0.254. The normalized spacial score (nSPS) is 19.1. The number of carbonyl (C=O) groups is 2. The summed E-state index contributed by atoms with van der Waals surface area (Å²) in [5.41, 5.74) is 1.24. The second-order valence-electron chi connectivity index (χ2n) is 7.31. The highest BCUT2D eigenvalue weighted by Crippen LogP contribution is 2.48. The second-order valence-corrected chi connectivity index (χ2v) is 9.57. The minimum Gasteiger partial charge on any atom is -0.396 e. The number of fused-ring (bicyclic) bond motifs is 2. The number of likely N-dealkylation sites (N-methyl/N-ethyl adjacent to an activating group) is 1. The molecule has 1 saturated heterocycles. The molecule has 1 aromatic rings. The molecule has 1 aromatic carbocycles. The minimum absolute atomic E-state index is 0.00401. The van der Waals surface area contributed by atoms with E-state index in [1.165, 1.54) is 4.31 Å². The van der Waals surface area contributed by atoms with Crippen molar-refractivity contribution in [2.75, 3.05) is 43.9 Å². The molecule has 2 heterocycles. The molecule has 2 aliphatic heterocycles. The van der Waals surface area contributed by atoms with Gasteiger partial charge in [-0.3, -0.25) is 9.59 Å². The molecule has 0 aromatic heterocycles. The highest BCUT2D eigenvalue weighted by molar-refractivity contribution is 7.89. The Morgan fingerprint density at radius 1 is 1.29 bits per heavy atom. The number of rotatable bonds is 6. The summed E-state index contributed by atoms with van der Waals surface area (Å²) in [6.07, 6.45) is 1.28. The maximum absolute atomic E-state index is 13.1. The van der Waals surface area contributed by atoms with Crippen molar-refractivity contribution in [1.29, 1.82) is 0 Å². The predicted octanol–water partition coefficient (Wildman–Crippen LogP) is 0.459. The molecule has 3 rings (SSSR count). The molecule has 9 heteroatoms. The number of sulfonamides is 1. The molecule has 2 aliphatic rings. The van der Waals surface area contributed by atoms with E-state index in [9.17, 15) is 18.0 Å². The molecule has 2 N–H and O–H groups in total. The molecule has 154 valence electrons. The van der Waals surface area contributed by atoms with E-state index < -0.39 is 15.4 Å². The topological polar surface area (TPSA) is 107 Å². The summed E-state index contributed by atoms with van der Waals surface area (Å²) in [5, 5.41) is 11.6. The Morgan fingerprint density at radius 3 is 2.57 bits per heavy atom. The summed E-state index contributed by atoms with van der Waals surface area (Å²) in [7, 11) is -1.57. The number of nitrogens with one attached hydrogen (secondary N) is 1. The largest absolute Gasteiger partial charge is 0.396 e. The van der Waals surface area contributed by atoms with Crippen LogP contribution in [0, 0.1) is 0 Å². The lowest BCUT2D eigenvalue weighted by Gasteiger charge is -2.37. The summed E-state index contributed by atoms with van der Waals surface area (Å²) in [6, 6.07) is 5.22. The smallest absolute Gasteiger partial charge is 0.251 e. The molecular formula is C19H27N3O5S. The van der Waals surface area contributed by atoms with Crippen molar-refractivity contribution in [1.82, 2.24) is 9.62 Å². The van der Waals surface area contributed by atoms with Crippen LogP contribution in [0.4, 0.5) is 5.69 Å². The van der Waals surface area contributed by atoms with Gasteiger partial charge in [0, 0.05) is 44.5 Å². The van der Waals surface area contributed by atoms with Crippen LogP contribution in [-0.4, -0.2) is 68.7 Å². The first-order chi connectivity index (χ1) is 13.3. The van der Waals surface area contributed by atoms with Crippen LogP contribution in [0.25, 0.3) is 0 Å². The predicted molar refractivity (Wildman–Crippen MR) is 106 cm³/mol. The van der Waals surface area contributed by atoms with Crippen LogP contribution in [0.2, 0.25) is 0 Å². The molecule has 0 radical (unpaired) electrons. The van der Waals surface area contributed by atoms with E-state index in [1.54, 1.807) is 37.1 Å². The summed E-state index contributed by atoms with van der Waals surface area (Å²) in [6.45, 7) is 2.58. The van der Waals surface area contributed by atoms with Crippen LogP contribution in [0.3, 0.4) is 0 Å². The zero-order valence-electron chi connectivity index (χ0n) is 16.3. The van der Waals surface area contributed by atoms with Crippen molar-refractivity contribution < 1.29 is 23.1 Å². The Labute approximate surface area is 165 Å². The number of aliphatic hydroxyl groups excluding tert-OH is 1. The van der Waals surface area contributed by atoms with E-state index in [0.717, 1.165) is 11.3 Å². The van der Waals surface area contributed by atoms with Gasteiger partial charge in [-0.05, 0) is 49.9 Å². The summed E-state index contributed by atoms with van der Waals surface area (Å²) >= 11 is 0. The number of aliphatic hydroxyl groups is 1. The molecule has 0 saturated carbocycles. The van der Waals surface area contributed by atoms with Gasteiger partial charge in [-0.25, -0.2) is 12.7 Å². The number of amides is 2. The zero-order chi connectivity index (χ0) is 20.5. The van der Waals surface area contributed by atoms with E-state index in [2.05, 4.69) is 5.32 Å². The van der Waals surface area contributed by atoms with Crippen molar-refractivity contribution in [2.45, 2.75) is 31.6 Å². The van der Waals surface area contributed by atoms with E-state index in [4.69, 9.17) is 5.11 Å². The summed E-state index contributed by atoms with van der Waals surface area (Å²) in [4.78, 5) is 27.1. The number of nitrogens with zero attached hydrogens (tertiary/aromatic N) is 2. The Kier molecular flexibility index (Phi) is 5.79. The van der Waals surface area contributed by atoms with Gasteiger partial charge in [-0.1, -0.05) is 0 Å². The molecule has 2 amide bonds. The number of carbonyl (C=O) groups excluding carboxylic acids is 2. The standard InChI is InChI=1S/C19H27N3O5S/c1-3-28(26,27)22-10-7-19(8-11-22)15-13-14(17(24)20-9-4-12-23)5-6-16(15)21(2)18(19)25/h5-6,13,23H,3-4,7-12H2,1-2H3,(H,20,24). The van der Waals surface area contributed by atoms with Crippen molar-refractivity contribution in [3.8, 4) is 0 Å². The highest BCUT2D eigenvalue weighted by atomic mass is 32.2. The molecule has 1 spiro atoms. The molecule has 8 nitrogen and oxygen atoms in total. The third-order valence-corrected chi connectivity index (χ3v) is 7.69. The van der Waals surface area contributed by atoms with Crippen LogP contribution in [0.5, 0.6) is 0 Å². The van der Waals surface area contributed by atoms with E-state index in [-0.39, 0.29) is 24.2 Å². The van der Waals surface area contributed by atoms with Gasteiger partial charge < -0.3 is 15.3 Å². The molecule has 0 bridgehead atoms. The number of hydrogen-bond acceptors (Lipinski definition) is 5. The van der Waals surface area contributed by atoms with Crippen LogP contribution in [0.15, 0.2) is 18.2 Å².